The van der Waals surface area contributed by atoms with Gasteiger partial charge in [0.15, 0.2) is 5.16 Å². The fraction of sp³-hybridized carbons (Fsp3) is 0.0588. The lowest BCUT2D eigenvalue weighted by atomic mass is 10.3. The highest BCUT2D eigenvalue weighted by Gasteiger charge is 2.10. The number of hydrogen-bond donors (Lipinski definition) is 0. The molecule has 0 unspecified atom stereocenters. The first kappa shape index (κ1) is 17.1. The molecule has 0 amide bonds. The van der Waals surface area contributed by atoms with Gasteiger partial charge in [-0.15, -0.1) is 10.2 Å². The molecule has 0 radical (unpaired) electrons. The Morgan fingerprint density at radius 3 is 2.81 bits per heavy atom. The van der Waals surface area contributed by atoms with Crippen LogP contribution in [0.5, 0.6) is 0 Å². The number of benzene rings is 1. The Kier molecular flexibility index (Phi) is 4.67. The van der Waals surface area contributed by atoms with Gasteiger partial charge in [-0.3, -0.25) is 13.8 Å². The third-order valence-corrected chi connectivity index (χ3v) is 5.06. The molecular weight excluding hydrogens is 393 g/mol. The van der Waals surface area contributed by atoms with Gasteiger partial charge in [-0.1, -0.05) is 41.0 Å². The van der Waals surface area contributed by atoms with E-state index in [2.05, 4.69) is 15.2 Å². The lowest BCUT2D eigenvalue weighted by molar-refractivity contribution is 0.882. The Labute approximate surface area is 162 Å². The van der Waals surface area contributed by atoms with Crippen molar-refractivity contribution in [1.82, 2.24) is 24.1 Å². The van der Waals surface area contributed by atoms with Crippen LogP contribution in [0, 0.1) is 0 Å². The van der Waals surface area contributed by atoms with Gasteiger partial charge in [0.1, 0.15) is 12.0 Å². The number of halogens is 2. The summed E-state index contributed by atoms with van der Waals surface area (Å²) in [6.07, 6.45) is 3.18. The maximum Gasteiger partial charge on any atom is 0.258 e. The lowest BCUT2D eigenvalue weighted by Gasteiger charge is -2.07. The van der Waals surface area contributed by atoms with E-state index in [9.17, 15) is 4.79 Å². The number of fused-ring (bicyclic) bond motifs is 1. The summed E-state index contributed by atoms with van der Waals surface area (Å²) in [6.45, 7) is 0. The molecule has 0 saturated carbocycles. The molecule has 0 aliphatic carbocycles. The Hall–Kier alpha value is -2.35. The van der Waals surface area contributed by atoms with Crippen LogP contribution in [0.15, 0.2) is 64.9 Å². The second-order valence-electron chi connectivity index (χ2n) is 5.41. The van der Waals surface area contributed by atoms with Crippen LogP contribution in [0.4, 0.5) is 0 Å². The fourth-order valence-corrected chi connectivity index (χ4v) is 3.63. The van der Waals surface area contributed by atoms with E-state index in [0.717, 1.165) is 5.69 Å². The van der Waals surface area contributed by atoms with E-state index in [1.807, 2.05) is 22.8 Å². The Bertz CT molecular complexity index is 1160. The van der Waals surface area contributed by atoms with E-state index in [1.165, 1.54) is 22.2 Å². The molecule has 4 aromatic rings. The van der Waals surface area contributed by atoms with Crippen LogP contribution in [-0.4, -0.2) is 24.1 Å². The molecule has 0 aliphatic rings. The SMILES string of the molecule is O=c1cc(CSc2nncn2-c2cccc(Cl)c2)nc2ccc(Cl)cn12. The molecule has 0 bridgehead atoms. The summed E-state index contributed by atoms with van der Waals surface area (Å²) < 4.78 is 3.26. The van der Waals surface area contributed by atoms with E-state index in [0.29, 0.717) is 32.3 Å². The highest BCUT2D eigenvalue weighted by molar-refractivity contribution is 7.98. The summed E-state index contributed by atoms with van der Waals surface area (Å²) in [5.74, 6) is 0.480. The number of rotatable bonds is 4. The smallest absolute Gasteiger partial charge is 0.258 e. The van der Waals surface area contributed by atoms with E-state index >= 15 is 0 Å². The standard InChI is InChI=1S/C17H11Cl2N5OS/c18-11-2-1-3-14(6-11)24-10-20-22-17(24)26-9-13-7-16(25)23-8-12(19)4-5-15(23)21-13/h1-8,10H,9H2. The predicted octanol–water partition coefficient (Wildman–Crippen LogP) is 3.87. The molecule has 9 heteroatoms. The first-order valence-electron chi connectivity index (χ1n) is 7.57. The second-order valence-corrected chi connectivity index (χ2v) is 7.23. The number of hydrogen-bond acceptors (Lipinski definition) is 5. The molecule has 0 aliphatic heterocycles. The monoisotopic (exact) mass is 403 g/mol. The minimum atomic E-state index is -0.176. The van der Waals surface area contributed by atoms with Gasteiger partial charge in [0.05, 0.1) is 16.4 Å². The van der Waals surface area contributed by atoms with Crippen molar-refractivity contribution in [2.45, 2.75) is 10.9 Å². The number of thioether (sulfide) groups is 1. The largest absolute Gasteiger partial charge is 0.277 e. The average molecular weight is 404 g/mol. The zero-order chi connectivity index (χ0) is 18.1. The Morgan fingerprint density at radius 1 is 1.08 bits per heavy atom. The molecule has 130 valence electrons. The molecule has 0 spiro atoms. The van der Waals surface area contributed by atoms with Gasteiger partial charge >= 0.3 is 0 Å². The summed E-state index contributed by atoms with van der Waals surface area (Å²) in [5, 5.41) is 9.91. The minimum Gasteiger partial charge on any atom is -0.277 e. The quantitative estimate of drug-likeness (QED) is 0.483. The van der Waals surface area contributed by atoms with Crippen LogP contribution >= 0.6 is 35.0 Å². The van der Waals surface area contributed by atoms with Crippen LogP contribution < -0.4 is 5.56 Å². The predicted molar refractivity (Wildman–Crippen MR) is 102 cm³/mol. The zero-order valence-electron chi connectivity index (χ0n) is 13.2. The van der Waals surface area contributed by atoms with Crippen molar-refractivity contribution in [3.05, 3.63) is 81.1 Å². The maximum absolute atomic E-state index is 12.2. The number of pyridine rings is 1. The molecule has 3 aromatic heterocycles. The first-order chi connectivity index (χ1) is 12.6. The van der Waals surface area contributed by atoms with Gasteiger partial charge in [0.25, 0.3) is 5.56 Å². The fourth-order valence-electron chi connectivity index (χ4n) is 2.46. The molecule has 0 saturated heterocycles. The topological polar surface area (TPSA) is 65.1 Å². The highest BCUT2D eigenvalue weighted by Crippen LogP contribution is 2.24. The summed E-state index contributed by atoms with van der Waals surface area (Å²) in [4.78, 5) is 16.7. The Balaban J connectivity index is 1.61. The van der Waals surface area contributed by atoms with Crippen molar-refractivity contribution in [1.29, 1.82) is 0 Å². The van der Waals surface area contributed by atoms with Crippen LogP contribution in [0.1, 0.15) is 5.69 Å². The molecule has 26 heavy (non-hydrogen) atoms. The normalized spacial score (nSPS) is 11.2. The van der Waals surface area contributed by atoms with E-state index in [-0.39, 0.29) is 5.56 Å². The Morgan fingerprint density at radius 2 is 1.96 bits per heavy atom. The van der Waals surface area contributed by atoms with Crippen LogP contribution in [0.3, 0.4) is 0 Å². The molecule has 1 aromatic carbocycles. The summed E-state index contributed by atoms with van der Waals surface area (Å²) in [7, 11) is 0. The molecular formula is C17H11Cl2N5OS. The molecule has 0 atom stereocenters. The van der Waals surface area contributed by atoms with E-state index in [4.69, 9.17) is 23.2 Å². The van der Waals surface area contributed by atoms with Crippen molar-refractivity contribution in [3.8, 4) is 5.69 Å². The molecule has 0 N–H and O–H groups in total. The summed E-state index contributed by atoms with van der Waals surface area (Å²) in [6, 6.07) is 12.3. The molecule has 4 rings (SSSR count). The van der Waals surface area contributed by atoms with Gasteiger partial charge in [0, 0.05) is 23.0 Å². The van der Waals surface area contributed by atoms with Gasteiger partial charge in [0.2, 0.25) is 0 Å². The number of aromatic nitrogens is 5. The molecule has 0 fully saturated rings. The molecule has 6 nitrogen and oxygen atoms in total. The first-order valence-corrected chi connectivity index (χ1v) is 9.31. The van der Waals surface area contributed by atoms with Crippen molar-refractivity contribution in [3.63, 3.8) is 0 Å². The van der Waals surface area contributed by atoms with E-state index < -0.39 is 0 Å². The third-order valence-electron chi connectivity index (χ3n) is 3.63. The summed E-state index contributed by atoms with van der Waals surface area (Å²) >= 11 is 13.4. The van der Waals surface area contributed by atoms with Crippen molar-refractivity contribution in [2.24, 2.45) is 0 Å². The van der Waals surface area contributed by atoms with Crippen LogP contribution in [0.25, 0.3) is 11.3 Å². The van der Waals surface area contributed by atoms with Crippen LogP contribution in [0.2, 0.25) is 10.0 Å². The zero-order valence-corrected chi connectivity index (χ0v) is 15.5. The third kappa shape index (κ3) is 3.46. The van der Waals surface area contributed by atoms with Gasteiger partial charge in [-0.2, -0.15) is 0 Å². The van der Waals surface area contributed by atoms with Crippen molar-refractivity contribution >= 4 is 40.6 Å². The molecule has 3 heterocycles. The van der Waals surface area contributed by atoms with Crippen molar-refractivity contribution in [2.75, 3.05) is 0 Å². The van der Waals surface area contributed by atoms with Gasteiger partial charge in [-0.25, -0.2) is 4.98 Å². The highest BCUT2D eigenvalue weighted by atomic mass is 35.5. The lowest BCUT2D eigenvalue weighted by Crippen LogP contribution is -2.15. The van der Waals surface area contributed by atoms with Crippen LogP contribution in [-0.2, 0) is 5.75 Å². The average Bonchev–Trinajstić information content (AvgIpc) is 3.09. The second kappa shape index (κ2) is 7.11. The number of nitrogens with zero attached hydrogens (tertiary/aromatic N) is 5. The maximum atomic E-state index is 12.2. The van der Waals surface area contributed by atoms with Gasteiger partial charge < -0.3 is 0 Å². The van der Waals surface area contributed by atoms with Gasteiger partial charge in [-0.05, 0) is 30.3 Å². The summed E-state index contributed by atoms with van der Waals surface area (Å²) in [5.41, 5.74) is 1.90. The minimum absolute atomic E-state index is 0.176. The van der Waals surface area contributed by atoms with E-state index in [1.54, 1.807) is 30.7 Å². The van der Waals surface area contributed by atoms with Crippen molar-refractivity contribution < 1.29 is 0 Å².